The van der Waals surface area contributed by atoms with Gasteiger partial charge in [-0.25, -0.2) is 0 Å². The van der Waals surface area contributed by atoms with Crippen molar-refractivity contribution in [1.29, 1.82) is 0 Å². The molecule has 2 aromatic carbocycles. The van der Waals surface area contributed by atoms with E-state index >= 15 is 0 Å². The lowest BCUT2D eigenvalue weighted by atomic mass is 9.95. The quantitative estimate of drug-likeness (QED) is 0.401. The van der Waals surface area contributed by atoms with Gasteiger partial charge in [-0.05, 0) is 42.8 Å². The summed E-state index contributed by atoms with van der Waals surface area (Å²) in [5, 5.41) is 3.00. The molecule has 0 spiro atoms. The van der Waals surface area contributed by atoms with Gasteiger partial charge < -0.3 is 19.5 Å². The maximum atomic E-state index is 12.5. The topological polar surface area (TPSA) is 73.9 Å². The Balaban J connectivity index is 2.38. The third-order valence-corrected chi connectivity index (χ3v) is 6.08. The number of methoxy groups -OCH3 is 1. The molecule has 0 fully saturated rings. The first-order chi connectivity index (χ1) is 15.8. The van der Waals surface area contributed by atoms with Crippen LogP contribution in [0, 0.1) is 5.41 Å². The summed E-state index contributed by atoms with van der Waals surface area (Å²) in [6.45, 7) is 14.2. The molecule has 0 saturated heterocycles. The summed E-state index contributed by atoms with van der Waals surface area (Å²) < 4.78 is 16.9. The largest absolute Gasteiger partial charge is 0.493 e. The molecule has 34 heavy (non-hydrogen) atoms. The number of esters is 1. The van der Waals surface area contributed by atoms with Gasteiger partial charge in [-0.15, -0.1) is 0 Å². The van der Waals surface area contributed by atoms with Crippen LogP contribution in [0.5, 0.6) is 17.2 Å². The van der Waals surface area contributed by atoms with E-state index in [0.717, 1.165) is 16.8 Å². The lowest BCUT2D eigenvalue weighted by molar-refractivity contribution is -0.142. The molecule has 6 nitrogen and oxygen atoms in total. The number of amides is 1. The van der Waals surface area contributed by atoms with Crippen molar-refractivity contribution in [3.8, 4) is 17.2 Å². The van der Waals surface area contributed by atoms with Crippen LogP contribution in [-0.2, 0) is 26.5 Å². The Morgan fingerprint density at radius 2 is 1.62 bits per heavy atom. The maximum absolute atomic E-state index is 12.5. The van der Waals surface area contributed by atoms with Crippen LogP contribution in [0.25, 0.3) is 0 Å². The van der Waals surface area contributed by atoms with Crippen LogP contribution >= 0.6 is 11.8 Å². The fourth-order valence-electron chi connectivity index (χ4n) is 2.89. The number of carbonyl (C=O) groups is 2. The molecule has 0 radical (unpaired) electrons. The summed E-state index contributed by atoms with van der Waals surface area (Å²) in [7, 11) is 1.58. The van der Waals surface area contributed by atoms with Gasteiger partial charge in [0.25, 0.3) is 0 Å². The number of rotatable bonds is 9. The van der Waals surface area contributed by atoms with Crippen LogP contribution < -0.4 is 14.8 Å². The smallest absolute Gasteiger partial charge is 0.310 e. The number of anilines is 1. The van der Waals surface area contributed by atoms with Gasteiger partial charge in [0, 0.05) is 27.2 Å². The fourth-order valence-corrected chi connectivity index (χ4v) is 3.70. The van der Waals surface area contributed by atoms with E-state index in [1.54, 1.807) is 37.9 Å². The van der Waals surface area contributed by atoms with E-state index in [-0.39, 0.29) is 23.0 Å². The molecule has 0 unspecified atom stereocenters. The minimum Gasteiger partial charge on any atom is -0.493 e. The second-order valence-corrected chi connectivity index (χ2v) is 11.8. The number of benzene rings is 2. The van der Waals surface area contributed by atoms with Gasteiger partial charge in [-0.3, -0.25) is 9.59 Å². The van der Waals surface area contributed by atoms with Crippen LogP contribution in [0.1, 0.15) is 59.6 Å². The highest BCUT2D eigenvalue weighted by atomic mass is 32.2. The lowest BCUT2D eigenvalue weighted by Crippen LogP contribution is -2.27. The SMILES string of the molecule is CCOC(=O)Cc1ccc(OC)c(Oc2ccc(NC(=O)C(C)(C)C)cc2CSC(C)(C)C)c1. The minimum atomic E-state index is -0.498. The highest BCUT2D eigenvalue weighted by molar-refractivity contribution is 7.99. The predicted molar refractivity (Wildman–Crippen MR) is 139 cm³/mol. The van der Waals surface area contributed by atoms with Crippen molar-refractivity contribution in [2.45, 2.75) is 65.4 Å². The second-order valence-electron chi connectivity index (χ2n) is 10.00. The molecular weight excluding hydrogens is 450 g/mol. The molecule has 0 aliphatic heterocycles. The van der Waals surface area contributed by atoms with Crippen molar-refractivity contribution in [3.05, 3.63) is 47.5 Å². The zero-order chi connectivity index (χ0) is 25.5. The van der Waals surface area contributed by atoms with Gasteiger partial charge in [0.1, 0.15) is 5.75 Å². The van der Waals surface area contributed by atoms with Gasteiger partial charge >= 0.3 is 5.97 Å². The van der Waals surface area contributed by atoms with E-state index in [0.29, 0.717) is 29.6 Å². The Morgan fingerprint density at radius 3 is 2.21 bits per heavy atom. The van der Waals surface area contributed by atoms with E-state index in [9.17, 15) is 9.59 Å². The van der Waals surface area contributed by atoms with Crippen LogP contribution in [0.15, 0.2) is 36.4 Å². The molecule has 0 heterocycles. The van der Waals surface area contributed by atoms with Crippen LogP contribution in [-0.4, -0.2) is 30.3 Å². The van der Waals surface area contributed by atoms with E-state index in [4.69, 9.17) is 14.2 Å². The molecule has 7 heteroatoms. The second kappa shape index (κ2) is 11.6. The molecule has 0 aromatic heterocycles. The average Bonchev–Trinajstić information content (AvgIpc) is 2.73. The van der Waals surface area contributed by atoms with Crippen molar-refractivity contribution < 1.29 is 23.8 Å². The number of hydrogen-bond donors (Lipinski definition) is 1. The molecular formula is C27H37NO5S. The van der Waals surface area contributed by atoms with Gasteiger partial charge in [0.2, 0.25) is 5.91 Å². The van der Waals surface area contributed by atoms with Crippen molar-refractivity contribution in [1.82, 2.24) is 0 Å². The maximum Gasteiger partial charge on any atom is 0.310 e. The highest BCUT2D eigenvalue weighted by Gasteiger charge is 2.22. The monoisotopic (exact) mass is 487 g/mol. The highest BCUT2D eigenvalue weighted by Crippen LogP contribution is 2.38. The first kappa shape index (κ1) is 27.6. The summed E-state index contributed by atoms with van der Waals surface area (Å²) in [4.78, 5) is 24.4. The van der Waals surface area contributed by atoms with E-state index in [1.165, 1.54) is 0 Å². The molecule has 0 atom stereocenters. The zero-order valence-electron chi connectivity index (χ0n) is 21.5. The number of carbonyl (C=O) groups excluding carboxylic acids is 2. The summed E-state index contributed by atoms with van der Waals surface area (Å²) in [6.07, 6.45) is 0.151. The number of nitrogens with one attached hydrogen (secondary N) is 1. The van der Waals surface area contributed by atoms with Crippen molar-refractivity contribution in [3.63, 3.8) is 0 Å². The van der Waals surface area contributed by atoms with Crippen molar-refractivity contribution >= 4 is 29.3 Å². The number of hydrogen-bond acceptors (Lipinski definition) is 6. The molecule has 0 aliphatic rings. The summed E-state index contributed by atoms with van der Waals surface area (Å²) in [6, 6.07) is 11.0. The molecule has 2 aromatic rings. The molecule has 0 bridgehead atoms. The minimum absolute atomic E-state index is 0.0519. The molecule has 186 valence electrons. The zero-order valence-corrected chi connectivity index (χ0v) is 22.4. The Morgan fingerprint density at radius 1 is 0.941 bits per heavy atom. The summed E-state index contributed by atoms with van der Waals surface area (Å²) in [5.41, 5.74) is 1.95. The lowest BCUT2D eigenvalue weighted by Gasteiger charge is -2.21. The van der Waals surface area contributed by atoms with Gasteiger partial charge in [-0.1, -0.05) is 47.6 Å². The van der Waals surface area contributed by atoms with E-state index in [1.807, 2.05) is 45.0 Å². The Hall–Kier alpha value is -2.67. The van der Waals surface area contributed by atoms with E-state index in [2.05, 4.69) is 26.1 Å². The molecule has 2 rings (SSSR count). The van der Waals surface area contributed by atoms with Crippen molar-refractivity contribution in [2.75, 3.05) is 19.0 Å². The fraction of sp³-hybridized carbons (Fsp3) is 0.481. The number of thioether (sulfide) groups is 1. The summed E-state index contributed by atoms with van der Waals surface area (Å²) in [5.74, 6) is 2.09. The van der Waals surface area contributed by atoms with Crippen LogP contribution in [0.2, 0.25) is 0 Å². The predicted octanol–water partition coefficient (Wildman–Crippen LogP) is 6.61. The van der Waals surface area contributed by atoms with Gasteiger partial charge in [-0.2, -0.15) is 11.8 Å². The third-order valence-electron chi connectivity index (χ3n) is 4.76. The molecule has 0 aliphatic carbocycles. The Bertz CT molecular complexity index is 1010. The standard InChI is InChI=1S/C27H37NO5S/c1-9-32-24(29)15-18-10-12-22(31-8)23(14-18)33-21-13-11-20(28-25(30)26(2,3)4)16-19(21)17-34-27(5,6)7/h10-14,16H,9,15,17H2,1-8H3,(H,28,30). The first-order valence-electron chi connectivity index (χ1n) is 11.4. The number of ether oxygens (including phenoxy) is 3. The van der Waals surface area contributed by atoms with Gasteiger partial charge in [0.05, 0.1) is 20.1 Å². The molecule has 1 N–H and O–H groups in total. The Kier molecular flexibility index (Phi) is 9.45. The van der Waals surface area contributed by atoms with E-state index < -0.39 is 5.41 Å². The first-order valence-corrected chi connectivity index (χ1v) is 12.4. The van der Waals surface area contributed by atoms with Crippen molar-refractivity contribution in [2.24, 2.45) is 5.41 Å². The third kappa shape index (κ3) is 8.60. The summed E-state index contributed by atoms with van der Waals surface area (Å²) >= 11 is 1.79. The molecule has 0 saturated carbocycles. The van der Waals surface area contributed by atoms with Gasteiger partial charge in [0.15, 0.2) is 11.5 Å². The normalized spacial score (nSPS) is 11.6. The Labute approximate surface area is 207 Å². The average molecular weight is 488 g/mol. The van der Waals surface area contributed by atoms with Crippen LogP contribution in [0.3, 0.4) is 0 Å². The van der Waals surface area contributed by atoms with Crippen LogP contribution in [0.4, 0.5) is 5.69 Å². The molecule has 1 amide bonds.